The molecule has 0 aromatic heterocycles. The van der Waals surface area contributed by atoms with Gasteiger partial charge in [0.2, 0.25) is 0 Å². The number of benzene rings is 1. The molecule has 0 fully saturated rings. The third-order valence-electron chi connectivity index (χ3n) is 3.09. The normalized spacial score (nSPS) is 12.4. The molecule has 0 saturated carbocycles. The maximum atomic E-state index is 13.3. The van der Waals surface area contributed by atoms with Crippen molar-refractivity contribution in [2.45, 2.75) is 52.2 Å². The molecule has 1 N–H and O–H groups in total. The number of aryl methyl sites for hydroxylation is 1. The molecular formula is C17H24FNO4. The lowest BCUT2D eigenvalue weighted by Gasteiger charge is -2.22. The van der Waals surface area contributed by atoms with Crippen LogP contribution in [-0.2, 0) is 15.9 Å². The Balaban J connectivity index is 2.64. The van der Waals surface area contributed by atoms with Gasteiger partial charge in [-0.25, -0.2) is 14.0 Å². The van der Waals surface area contributed by atoms with Gasteiger partial charge in [0.25, 0.3) is 0 Å². The van der Waals surface area contributed by atoms with Crippen LogP contribution in [0.4, 0.5) is 9.18 Å². The maximum Gasteiger partial charge on any atom is 0.407 e. The average Bonchev–Trinajstić information content (AvgIpc) is 2.42. The highest BCUT2D eigenvalue weighted by atomic mass is 19.1. The first kappa shape index (κ1) is 18.9. The number of hydrogen-bond acceptors (Lipinski definition) is 4. The van der Waals surface area contributed by atoms with E-state index in [9.17, 15) is 14.0 Å². The van der Waals surface area contributed by atoms with Crippen LogP contribution >= 0.6 is 0 Å². The Morgan fingerprint density at radius 2 is 1.96 bits per heavy atom. The van der Waals surface area contributed by atoms with Gasteiger partial charge in [0.15, 0.2) is 0 Å². The Hall–Kier alpha value is -2.11. The summed E-state index contributed by atoms with van der Waals surface area (Å²) in [5.74, 6) is -1.07. The largest absolute Gasteiger partial charge is 0.465 e. The van der Waals surface area contributed by atoms with Crippen LogP contribution in [0.25, 0.3) is 0 Å². The van der Waals surface area contributed by atoms with Crippen LogP contribution in [0, 0.1) is 5.82 Å². The minimum Gasteiger partial charge on any atom is -0.465 e. The van der Waals surface area contributed by atoms with Crippen molar-refractivity contribution in [3.05, 3.63) is 35.1 Å². The maximum absolute atomic E-state index is 13.3. The fraction of sp³-hybridized carbons (Fsp3) is 0.529. The molecule has 0 saturated heterocycles. The second-order valence-corrected chi connectivity index (χ2v) is 6.38. The molecule has 0 aliphatic rings. The lowest BCUT2D eigenvalue weighted by atomic mass is 10.0. The zero-order chi connectivity index (χ0) is 17.6. The van der Waals surface area contributed by atoms with Crippen LogP contribution < -0.4 is 5.32 Å². The lowest BCUT2D eigenvalue weighted by molar-refractivity contribution is 0.0504. The van der Waals surface area contributed by atoms with E-state index in [1.807, 2.05) is 6.92 Å². The van der Waals surface area contributed by atoms with Gasteiger partial charge in [0.1, 0.15) is 11.4 Å². The molecule has 0 aliphatic carbocycles. The van der Waals surface area contributed by atoms with Gasteiger partial charge >= 0.3 is 12.1 Å². The summed E-state index contributed by atoms with van der Waals surface area (Å²) in [6.07, 6.45) is 0.591. The van der Waals surface area contributed by atoms with Gasteiger partial charge in [0.05, 0.1) is 12.7 Å². The number of methoxy groups -OCH3 is 1. The summed E-state index contributed by atoms with van der Waals surface area (Å²) in [6, 6.07) is 3.86. The third kappa shape index (κ3) is 6.67. The summed E-state index contributed by atoms with van der Waals surface area (Å²) < 4.78 is 23.1. The molecule has 0 radical (unpaired) electrons. The first-order chi connectivity index (χ1) is 10.6. The minimum absolute atomic E-state index is 0.152. The van der Waals surface area contributed by atoms with Crippen molar-refractivity contribution < 1.29 is 23.5 Å². The second-order valence-electron chi connectivity index (χ2n) is 6.38. The first-order valence-corrected chi connectivity index (χ1v) is 7.48. The van der Waals surface area contributed by atoms with Crippen LogP contribution in [0.15, 0.2) is 18.2 Å². The number of rotatable bonds is 5. The zero-order valence-corrected chi connectivity index (χ0v) is 14.2. The van der Waals surface area contributed by atoms with Crippen molar-refractivity contribution in [1.29, 1.82) is 0 Å². The fourth-order valence-corrected chi connectivity index (χ4v) is 2.02. The molecule has 0 heterocycles. The van der Waals surface area contributed by atoms with Crippen LogP contribution in [-0.4, -0.2) is 30.8 Å². The number of carbonyl (C=O) groups is 2. The third-order valence-corrected chi connectivity index (χ3v) is 3.09. The van der Waals surface area contributed by atoms with Crippen LogP contribution in [0.5, 0.6) is 0 Å². The van der Waals surface area contributed by atoms with Gasteiger partial charge in [-0.3, -0.25) is 0 Å². The van der Waals surface area contributed by atoms with Crippen LogP contribution in [0.2, 0.25) is 0 Å². The van der Waals surface area contributed by atoms with Gasteiger partial charge in [0, 0.05) is 6.04 Å². The SMILES string of the molecule is COC(=O)c1cc(F)ccc1CC[C@@H](C)NC(=O)OC(C)(C)C. The number of carbonyl (C=O) groups excluding carboxylic acids is 2. The lowest BCUT2D eigenvalue weighted by Crippen LogP contribution is -2.37. The smallest absolute Gasteiger partial charge is 0.407 e. The van der Waals surface area contributed by atoms with E-state index >= 15 is 0 Å². The summed E-state index contributed by atoms with van der Waals surface area (Å²) in [5, 5.41) is 2.73. The molecule has 6 heteroatoms. The Bertz CT molecular complexity index is 566. The summed E-state index contributed by atoms with van der Waals surface area (Å²) in [6.45, 7) is 7.21. The Labute approximate surface area is 136 Å². The van der Waals surface area contributed by atoms with E-state index in [1.165, 1.54) is 13.2 Å². The monoisotopic (exact) mass is 325 g/mol. The van der Waals surface area contributed by atoms with E-state index in [0.29, 0.717) is 18.4 Å². The number of esters is 1. The van der Waals surface area contributed by atoms with Crippen molar-refractivity contribution in [3.63, 3.8) is 0 Å². The first-order valence-electron chi connectivity index (χ1n) is 7.48. The molecule has 23 heavy (non-hydrogen) atoms. The Morgan fingerprint density at radius 1 is 1.30 bits per heavy atom. The number of halogens is 1. The zero-order valence-electron chi connectivity index (χ0n) is 14.2. The van der Waals surface area contributed by atoms with Gasteiger partial charge in [-0.15, -0.1) is 0 Å². The highest BCUT2D eigenvalue weighted by Crippen LogP contribution is 2.16. The molecule has 0 spiro atoms. The van der Waals surface area contributed by atoms with Crippen molar-refractivity contribution in [2.24, 2.45) is 0 Å². The molecule has 0 aliphatic heterocycles. The van der Waals surface area contributed by atoms with Crippen LogP contribution in [0.3, 0.4) is 0 Å². The predicted octanol–water partition coefficient (Wildman–Crippen LogP) is 3.46. The molecule has 1 aromatic rings. The Kier molecular flexibility index (Phi) is 6.54. The highest BCUT2D eigenvalue weighted by molar-refractivity contribution is 5.91. The topological polar surface area (TPSA) is 64.6 Å². The highest BCUT2D eigenvalue weighted by Gasteiger charge is 2.18. The summed E-state index contributed by atoms with van der Waals surface area (Å²) >= 11 is 0. The molecule has 0 unspecified atom stereocenters. The molecule has 1 rings (SSSR count). The van der Waals surface area contributed by atoms with E-state index in [2.05, 4.69) is 10.1 Å². The van der Waals surface area contributed by atoms with Crippen molar-refractivity contribution in [2.75, 3.05) is 7.11 Å². The van der Waals surface area contributed by atoms with Crippen molar-refractivity contribution >= 4 is 12.1 Å². The molecular weight excluding hydrogens is 301 g/mol. The van der Waals surface area contributed by atoms with Crippen molar-refractivity contribution in [3.8, 4) is 0 Å². The van der Waals surface area contributed by atoms with Gasteiger partial charge in [-0.05, 0) is 58.2 Å². The summed E-state index contributed by atoms with van der Waals surface area (Å²) in [5.41, 5.74) is 0.326. The predicted molar refractivity (Wildman–Crippen MR) is 84.9 cm³/mol. The van der Waals surface area contributed by atoms with Gasteiger partial charge < -0.3 is 14.8 Å². The number of alkyl carbamates (subject to hydrolysis) is 1. The summed E-state index contributed by atoms with van der Waals surface area (Å²) in [4.78, 5) is 23.4. The van der Waals surface area contributed by atoms with Crippen molar-refractivity contribution in [1.82, 2.24) is 5.32 Å². The fourth-order valence-electron chi connectivity index (χ4n) is 2.02. The average molecular weight is 325 g/mol. The van der Waals surface area contributed by atoms with E-state index < -0.39 is 23.5 Å². The second kappa shape index (κ2) is 7.94. The van der Waals surface area contributed by atoms with Crippen LogP contribution in [0.1, 0.15) is 50.0 Å². The van der Waals surface area contributed by atoms with Gasteiger partial charge in [-0.2, -0.15) is 0 Å². The standard InChI is InChI=1S/C17H24FNO4/c1-11(19-16(21)23-17(2,3)4)6-7-12-8-9-13(18)10-14(12)15(20)22-5/h8-11H,6-7H2,1-5H3,(H,19,21)/t11-/m1/s1. The molecule has 5 nitrogen and oxygen atoms in total. The molecule has 1 aromatic carbocycles. The number of ether oxygens (including phenoxy) is 2. The molecule has 1 atom stereocenters. The molecule has 128 valence electrons. The minimum atomic E-state index is -0.577. The number of nitrogens with one attached hydrogen (secondary N) is 1. The van der Waals surface area contributed by atoms with E-state index in [4.69, 9.17) is 4.74 Å². The Morgan fingerprint density at radius 3 is 2.52 bits per heavy atom. The summed E-state index contributed by atoms with van der Waals surface area (Å²) in [7, 11) is 1.25. The molecule has 0 bridgehead atoms. The number of hydrogen-bond donors (Lipinski definition) is 1. The van der Waals surface area contributed by atoms with E-state index in [0.717, 1.165) is 6.07 Å². The van der Waals surface area contributed by atoms with E-state index in [-0.39, 0.29) is 11.6 Å². The molecule has 1 amide bonds. The number of amides is 1. The van der Waals surface area contributed by atoms with E-state index in [1.54, 1.807) is 26.8 Å². The quantitative estimate of drug-likeness (QED) is 0.842. The van der Waals surface area contributed by atoms with Gasteiger partial charge in [-0.1, -0.05) is 6.07 Å².